The molecular weight excluding hydrogens is 458 g/mol. The number of aliphatic hydroxyl groups excluding tert-OH is 2. The van der Waals surface area contributed by atoms with E-state index in [0.717, 1.165) is 33.8 Å². The summed E-state index contributed by atoms with van der Waals surface area (Å²) < 4.78 is 1.76. The van der Waals surface area contributed by atoms with Gasteiger partial charge in [-0.3, -0.25) is 9.69 Å². The van der Waals surface area contributed by atoms with Crippen LogP contribution in [0, 0.1) is 13.8 Å². The van der Waals surface area contributed by atoms with Crippen molar-refractivity contribution in [3.05, 3.63) is 53.0 Å². The highest BCUT2D eigenvalue weighted by Crippen LogP contribution is 2.38. The number of hydrogen-bond donors (Lipinski definition) is 3. The van der Waals surface area contributed by atoms with Gasteiger partial charge >= 0.3 is 0 Å². The fourth-order valence-electron chi connectivity index (χ4n) is 5.25. The SMILES string of the molecule is CC(=O)C1CN(C)c2ccc(Nc3ncc(C)c(-n4cc(CN5CC(O)C[C@H]5CO)c(C)n4)n3)cc21. The van der Waals surface area contributed by atoms with Crippen LogP contribution in [0.1, 0.15) is 41.6 Å². The van der Waals surface area contributed by atoms with Gasteiger partial charge in [-0.2, -0.15) is 10.1 Å². The Balaban J connectivity index is 1.38. The van der Waals surface area contributed by atoms with Gasteiger partial charge in [0.05, 0.1) is 24.3 Å². The van der Waals surface area contributed by atoms with Crippen LogP contribution in [0.2, 0.25) is 0 Å². The predicted molar refractivity (Wildman–Crippen MR) is 137 cm³/mol. The zero-order valence-corrected chi connectivity index (χ0v) is 21.1. The van der Waals surface area contributed by atoms with Crippen molar-refractivity contribution >= 4 is 23.1 Å². The number of nitrogens with one attached hydrogen (secondary N) is 1. The zero-order valence-electron chi connectivity index (χ0n) is 21.1. The van der Waals surface area contributed by atoms with E-state index in [4.69, 9.17) is 10.1 Å². The van der Waals surface area contributed by atoms with Crippen LogP contribution >= 0.6 is 0 Å². The molecule has 2 aliphatic heterocycles. The van der Waals surface area contributed by atoms with E-state index in [0.29, 0.717) is 37.8 Å². The van der Waals surface area contributed by atoms with Gasteiger partial charge in [0.15, 0.2) is 5.82 Å². The van der Waals surface area contributed by atoms with Crippen LogP contribution in [0.3, 0.4) is 0 Å². The summed E-state index contributed by atoms with van der Waals surface area (Å²) in [4.78, 5) is 25.5. The first-order valence-electron chi connectivity index (χ1n) is 12.3. The maximum atomic E-state index is 12.1. The molecule has 36 heavy (non-hydrogen) atoms. The van der Waals surface area contributed by atoms with E-state index >= 15 is 0 Å². The number of likely N-dealkylation sites (N-methyl/N-ethyl adjacent to an activating group) is 1. The highest BCUT2D eigenvalue weighted by molar-refractivity contribution is 5.89. The summed E-state index contributed by atoms with van der Waals surface area (Å²) >= 11 is 0. The second-order valence-electron chi connectivity index (χ2n) is 9.98. The Bertz CT molecular complexity index is 1290. The van der Waals surface area contributed by atoms with Crippen molar-refractivity contribution in [2.75, 3.05) is 37.0 Å². The fraction of sp³-hybridized carbons (Fsp3) is 0.462. The Morgan fingerprint density at radius 1 is 1.25 bits per heavy atom. The Labute approximate surface area is 210 Å². The van der Waals surface area contributed by atoms with Crippen LogP contribution in [0.4, 0.5) is 17.3 Å². The molecule has 10 nitrogen and oxygen atoms in total. The lowest BCUT2D eigenvalue weighted by atomic mass is 9.97. The predicted octanol–water partition coefficient (Wildman–Crippen LogP) is 2.07. The van der Waals surface area contributed by atoms with Crippen molar-refractivity contribution in [3.63, 3.8) is 0 Å². The van der Waals surface area contributed by atoms with Gasteiger partial charge in [-0.1, -0.05) is 0 Å². The van der Waals surface area contributed by atoms with Gasteiger partial charge < -0.3 is 20.4 Å². The van der Waals surface area contributed by atoms with Crippen molar-refractivity contribution < 1.29 is 15.0 Å². The molecule has 190 valence electrons. The smallest absolute Gasteiger partial charge is 0.229 e. The topological polar surface area (TPSA) is 120 Å². The summed E-state index contributed by atoms with van der Waals surface area (Å²) in [6.45, 7) is 7.39. The molecule has 2 unspecified atom stereocenters. The lowest BCUT2D eigenvalue weighted by Crippen LogP contribution is -2.32. The van der Waals surface area contributed by atoms with E-state index in [9.17, 15) is 15.0 Å². The number of β-amino-alcohol motifs (C(OH)–C–C–N with tert-alkyl or cyclic N) is 1. The number of carbonyl (C=O) groups is 1. The maximum absolute atomic E-state index is 12.1. The quantitative estimate of drug-likeness (QED) is 0.456. The third-order valence-corrected chi connectivity index (χ3v) is 7.27. The number of hydrogen-bond acceptors (Lipinski definition) is 9. The molecule has 1 fully saturated rings. The number of benzene rings is 1. The first kappa shape index (κ1) is 24.4. The van der Waals surface area contributed by atoms with E-state index < -0.39 is 6.10 Å². The van der Waals surface area contributed by atoms with Crippen molar-refractivity contribution in [1.29, 1.82) is 0 Å². The number of Topliss-reactive ketones (excluding diaryl/α,β-unsaturated/α-hetero) is 1. The van der Waals surface area contributed by atoms with Gasteiger partial charge in [-0.15, -0.1) is 0 Å². The summed E-state index contributed by atoms with van der Waals surface area (Å²) in [5.74, 6) is 1.14. The number of anilines is 3. The number of nitrogens with zero attached hydrogens (tertiary/aromatic N) is 6. The van der Waals surface area contributed by atoms with Crippen LogP contribution < -0.4 is 10.2 Å². The molecule has 2 aromatic heterocycles. The van der Waals surface area contributed by atoms with Gasteiger partial charge in [0.25, 0.3) is 0 Å². The molecule has 2 aliphatic rings. The van der Waals surface area contributed by atoms with Crippen molar-refractivity contribution in [2.45, 2.75) is 51.8 Å². The lowest BCUT2D eigenvalue weighted by molar-refractivity contribution is -0.118. The molecule has 0 radical (unpaired) electrons. The number of aryl methyl sites for hydroxylation is 2. The molecule has 0 aliphatic carbocycles. The van der Waals surface area contributed by atoms with Crippen LogP contribution in [-0.2, 0) is 11.3 Å². The molecule has 0 saturated carbocycles. The Hall–Kier alpha value is -3.34. The normalized spacial score (nSPS) is 21.7. The fourth-order valence-corrected chi connectivity index (χ4v) is 5.25. The molecule has 0 bridgehead atoms. The van der Waals surface area contributed by atoms with Gasteiger partial charge in [-0.05, 0) is 51.0 Å². The van der Waals surface area contributed by atoms with E-state index in [1.807, 2.05) is 45.3 Å². The van der Waals surface area contributed by atoms with Crippen LogP contribution in [-0.4, -0.2) is 79.5 Å². The van der Waals surface area contributed by atoms with Crippen LogP contribution in [0.25, 0.3) is 5.82 Å². The molecule has 3 aromatic rings. The Morgan fingerprint density at radius 3 is 2.81 bits per heavy atom. The molecule has 4 heterocycles. The number of rotatable bonds is 7. The number of fused-ring (bicyclic) bond motifs is 1. The minimum atomic E-state index is -0.416. The monoisotopic (exact) mass is 491 g/mol. The minimum absolute atomic E-state index is 0.0242. The standard InChI is InChI=1S/C26H33N7O3/c1-15-9-27-26(28-19-5-6-24-22(7-19)23(17(3)35)13-31(24)4)29-25(15)33-11-18(16(2)30-33)10-32-12-21(36)8-20(32)14-34/h5-7,9,11,20-21,23,34,36H,8,10,12-14H2,1-4H3,(H,27,28,29)/t20-,21?,23?/m0/s1. The lowest BCUT2D eigenvalue weighted by Gasteiger charge is -2.21. The average molecular weight is 492 g/mol. The van der Waals surface area contributed by atoms with Crippen LogP contribution in [0.15, 0.2) is 30.6 Å². The van der Waals surface area contributed by atoms with Gasteiger partial charge in [-0.25, -0.2) is 9.67 Å². The number of aliphatic hydroxyl groups is 2. The van der Waals surface area contributed by atoms with Crippen molar-refractivity contribution in [2.24, 2.45) is 0 Å². The van der Waals surface area contributed by atoms with E-state index in [1.54, 1.807) is 17.8 Å². The zero-order chi connectivity index (χ0) is 25.6. The average Bonchev–Trinajstić information content (AvgIpc) is 3.50. The maximum Gasteiger partial charge on any atom is 0.229 e. The highest BCUT2D eigenvalue weighted by Gasteiger charge is 2.31. The molecule has 0 amide bonds. The van der Waals surface area contributed by atoms with Gasteiger partial charge in [0.2, 0.25) is 5.95 Å². The molecule has 0 spiro atoms. The van der Waals surface area contributed by atoms with Gasteiger partial charge in [0, 0.05) is 67.6 Å². The second kappa shape index (κ2) is 9.61. The molecule has 1 saturated heterocycles. The van der Waals surface area contributed by atoms with E-state index in [2.05, 4.69) is 20.1 Å². The van der Waals surface area contributed by atoms with E-state index in [-0.39, 0.29) is 24.3 Å². The molecule has 10 heteroatoms. The number of ketones is 1. The van der Waals surface area contributed by atoms with E-state index in [1.165, 1.54) is 0 Å². The molecule has 3 atom stereocenters. The van der Waals surface area contributed by atoms with Crippen LogP contribution in [0.5, 0.6) is 0 Å². The third-order valence-electron chi connectivity index (χ3n) is 7.27. The third kappa shape index (κ3) is 4.59. The molecule has 3 N–H and O–H groups in total. The summed E-state index contributed by atoms with van der Waals surface area (Å²) in [6.07, 6.45) is 3.88. The first-order valence-corrected chi connectivity index (χ1v) is 12.3. The summed E-state index contributed by atoms with van der Waals surface area (Å²) in [5, 5.41) is 27.6. The molecule has 1 aromatic carbocycles. The molecule has 5 rings (SSSR count). The number of aromatic nitrogens is 4. The number of carbonyl (C=O) groups excluding carboxylic acids is 1. The minimum Gasteiger partial charge on any atom is -0.395 e. The van der Waals surface area contributed by atoms with Crippen molar-refractivity contribution in [1.82, 2.24) is 24.6 Å². The summed E-state index contributed by atoms with van der Waals surface area (Å²) in [6, 6.07) is 5.95. The molecular formula is C26H33N7O3. The van der Waals surface area contributed by atoms with Crippen molar-refractivity contribution in [3.8, 4) is 5.82 Å². The number of likely N-dealkylation sites (tertiary alicyclic amines) is 1. The summed E-state index contributed by atoms with van der Waals surface area (Å²) in [7, 11) is 2.00. The largest absolute Gasteiger partial charge is 0.395 e. The Kier molecular flexibility index (Phi) is 6.50. The first-order chi connectivity index (χ1) is 17.2. The Morgan fingerprint density at radius 2 is 2.06 bits per heavy atom. The highest BCUT2D eigenvalue weighted by atomic mass is 16.3. The second-order valence-corrected chi connectivity index (χ2v) is 9.98. The summed E-state index contributed by atoms with van der Waals surface area (Å²) in [5.41, 5.74) is 5.69. The van der Waals surface area contributed by atoms with Gasteiger partial charge in [0.1, 0.15) is 5.78 Å².